The topological polar surface area (TPSA) is 87.7 Å². The highest BCUT2D eigenvalue weighted by molar-refractivity contribution is 5.95. The maximum Gasteiger partial charge on any atom is 0.254 e. The summed E-state index contributed by atoms with van der Waals surface area (Å²) in [4.78, 5) is 15.7. The minimum Gasteiger partial charge on any atom is -0.493 e. The summed E-state index contributed by atoms with van der Waals surface area (Å²) in [7, 11) is 6.55. The van der Waals surface area contributed by atoms with Gasteiger partial charge in [0.25, 0.3) is 5.91 Å². The van der Waals surface area contributed by atoms with Gasteiger partial charge in [0.2, 0.25) is 0 Å². The number of para-hydroxylation sites is 1. The summed E-state index contributed by atoms with van der Waals surface area (Å²) in [5.74, 6) is 2.64. The van der Waals surface area contributed by atoms with Crippen molar-refractivity contribution in [2.75, 3.05) is 61.3 Å². The molecule has 1 fully saturated rings. The molecule has 9 nitrogen and oxygen atoms in total. The van der Waals surface area contributed by atoms with E-state index in [2.05, 4.69) is 23.5 Å². The normalized spacial score (nSPS) is 16.2. The summed E-state index contributed by atoms with van der Waals surface area (Å²) in [5, 5.41) is 3.46. The maximum absolute atomic E-state index is 13.8. The van der Waals surface area contributed by atoms with E-state index in [9.17, 15) is 4.79 Å². The third kappa shape index (κ3) is 8.22. The fraction of sp³-hybridized carbons (Fsp3) is 0.457. The first kappa shape index (κ1) is 33.1. The predicted octanol–water partition coefficient (Wildman–Crippen LogP) is 5.45. The van der Waals surface area contributed by atoms with Crippen molar-refractivity contribution in [3.05, 3.63) is 71.8 Å². The molecule has 1 saturated heterocycles. The van der Waals surface area contributed by atoms with E-state index in [0.717, 1.165) is 36.2 Å². The van der Waals surface area contributed by atoms with E-state index < -0.39 is 0 Å². The number of nitrogens with one attached hydrogen (secondary N) is 1. The second kappa shape index (κ2) is 16.3. The molecule has 0 spiro atoms. The maximum atomic E-state index is 13.8. The molecule has 3 aromatic rings. The molecule has 4 rings (SSSR count). The number of benzene rings is 3. The third-order valence-electron chi connectivity index (χ3n) is 7.86. The number of amides is 1. The highest BCUT2D eigenvalue weighted by Crippen LogP contribution is 2.38. The van der Waals surface area contributed by atoms with Crippen molar-refractivity contribution in [3.63, 3.8) is 0 Å². The molecule has 2 atom stereocenters. The zero-order chi connectivity index (χ0) is 31.5. The molecular formula is C35H46N2O7. The summed E-state index contributed by atoms with van der Waals surface area (Å²) in [5.41, 5.74) is 3.61. The Morgan fingerprint density at radius 1 is 0.886 bits per heavy atom. The Kier molecular flexibility index (Phi) is 12.3. The summed E-state index contributed by atoms with van der Waals surface area (Å²) in [6.07, 6.45) is 0.709. The van der Waals surface area contributed by atoms with E-state index in [-0.39, 0.29) is 24.0 Å². The van der Waals surface area contributed by atoms with Crippen molar-refractivity contribution in [3.8, 4) is 34.1 Å². The molecule has 1 amide bonds. The Balaban J connectivity index is 1.43. The second-order valence-electron chi connectivity index (χ2n) is 11.1. The lowest BCUT2D eigenvalue weighted by Gasteiger charge is -2.31. The number of hydrogen-bond acceptors (Lipinski definition) is 8. The van der Waals surface area contributed by atoms with Crippen LogP contribution in [-0.2, 0) is 16.1 Å². The number of hydrogen-bond donors (Lipinski definition) is 1. The van der Waals surface area contributed by atoms with Crippen LogP contribution in [0.5, 0.6) is 23.0 Å². The summed E-state index contributed by atoms with van der Waals surface area (Å²) in [6.45, 7) is 7.70. The highest BCUT2D eigenvalue weighted by Gasteiger charge is 2.32. The lowest BCUT2D eigenvalue weighted by atomic mass is 10.0. The molecule has 1 aliphatic rings. The standard InChI is InChI=1S/C35H46N2O7/c1-24(2)37(35(38)27-14-15-30(40-4)32(19-27)43-17-9-16-39-3)22-28-20-36-21-33(28)44-23-25-10-7-11-26(18-25)29-12-8-13-31(41-5)34(29)42-6/h7-8,10-15,18-19,24,28,33,36H,9,16-17,20-23H2,1-6H3/t28-,33-/m0/s1. The lowest BCUT2D eigenvalue weighted by Crippen LogP contribution is -2.43. The van der Waals surface area contributed by atoms with E-state index in [0.29, 0.717) is 54.9 Å². The van der Waals surface area contributed by atoms with E-state index >= 15 is 0 Å². The number of rotatable bonds is 16. The van der Waals surface area contributed by atoms with Crippen LogP contribution < -0.4 is 24.3 Å². The van der Waals surface area contributed by atoms with Gasteiger partial charge in [-0.1, -0.05) is 30.3 Å². The van der Waals surface area contributed by atoms with Gasteiger partial charge in [-0.05, 0) is 55.3 Å². The molecule has 9 heteroatoms. The van der Waals surface area contributed by atoms with Gasteiger partial charge in [0.15, 0.2) is 23.0 Å². The lowest BCUT2D eigenvalue weighted by molar-refractivity contribution is 0.0129. The molecule has 238 valence electrons. The molecule has 1 heterocycles. The van der Waals surface area contributed by atoms with Crippen molar-refractivity contribution in [2.45, 2.75) is 39.0 Å². The van der Waals surface area contributed by atoms with Crippen LogP contribution in [0.2, 0.25) is 0 Å². The Bertz CT molecular complexity index is 1360. The van der Waals surface area contributed by atoms with Crippen molar-refractivity contribution in [2.24, 2.45) is 5.92 Å². The van der Waals surface area contributed by atoms with Crippen LogP contribution in [0.25, 0.3) is 11.1 Å². The SMILES string of the molecule is COCCCOc1cc(C(=O)N(C[C@@H]2CNC[C@@H]2OCc2cccc(-c3cccc(OC)c3OC)c2)C(C)C)ccc1OC. The number of ether oxygens (including phenoxy) is 6. The predicted molar refractivity (Wildman–Crippen MR) is 171 cm³/mol. The summed E-state index contributed by atoms with van der Waals surface area (Å²) < 4.78 is 34.1. The highest BCUT2D eigenvalue weighted by atomic mass is 16.5. The van der Waals surface area contributed by atoms with Crippen LogP contribution in [0.4, 0.5) is 0 Å². The minimum atomic E-state index is -0.0463. The number of nitrogens with zero attached hydrogens (tertiary/aromatic N) is 1. The van der Waals surface area contributed by atoms with Crippen LogP contribution in [-0.4, -0.2) is 84.2 Å². The van der Waals surface area contributed by atoms with Gasteiger partial charge in [0.1, 0.15) is 0 Å². The van der Waals surface area contributed by atoms with Crippen LogP contribution in [0.15, 0.2) is 60.7 Å². The van der Waals surface area contributed by atoms with Gasteiger partial charge in [-0.3, -0.25) is 4.79 Å². The molecule has 44 heavy (non-hydrogen) atoms. The number of methoxy groups -OCH3 is 4. The van der Waals surface area contributed by atoms with Crippen molar-refractivity contribution in [1.82, 2.24) is 10.2 Å². The van der Waals surface area contributed by atoms with Gasteiger partial charge < -0.3 is 38.6 Å². The van der Waals surface area contributed by atoms with Crippen LogP contribution in [0.3, 0.4) is 0 Å². The molecule has 0 radical (unpaired) electrons. The monoisotopic (exact) mass is 606 g/mol. The zero-order valence-electron chi connectivity index (χ0n) is 26.8. The second-order valence-corrected chi connectivity index (χ2v) is 11.1. The first-order valence-corrected chi connectivity index (χ1v) is 15.1. The minimum absolute atomic E-state index is 0.00597. The Labute approximate surface area is 261 Å². The van der Waals surface area contributed by atoms with E-state index in [1.54, 1.807) is 46.6 Å². The molecule has 3 aromatic carbocycles. The third-order valence-corrected chi connectivity index (χ3v) is 7.86. The van der Waals surface area contributed by atoms with Gasteiger partial charge in [0, 0.05) is 62.9 Å². The Morgan fingerprint density at radius 3 is 2.41 bits per heavy atom. The van der Waals surface area contributed by atoms with E-state index in [1.165, 1.54) is 0 Å². The average Bonchev–Trinajstić information content (AvgIpc) is 3.50. The van der Waals surface area contributed by atoms with Crippen molar-refractivity contribution in [1.29, 1.82) is 0 Å². The fourth-order valence-corrected chi connectivity index (χ4v) is 5.49. The van der Waals surface area contributed by atoms with E-state index in [4.69, 9.17) is 28.4 Å². The Morgan fingerprint density at radius 2 is 1.68 bits per heavy atom. The smallest absolute Gasteiger partial charge is 0.254 e. The molecule has 1 aliphatic heterocycles. The first-order valence-electron chi connectivity index (χ1n) is 15.1. The largest absolute Gasteiger partial charge is 0.493 e. The molecule has 0 unspecified atom stereocenters. The molecule has 1 N–H and O–H groups in total. The van der Waals surface area contributed by atoms with Crippen LogP contribution >= 0.6 is 0 Å². The molecule has 0 bridgehead atoms. The van der Waals surface area contributed by atoms with Gasteiger partial charge in [-0.15, -0.1) is 0 Å². The summed E-state index contributed by atoms with van der Waals surface area (Å²) >= 11 is 0. The molecule has 0 aromatic heterocycles. The quantitative estimate of drug-likeness (QED) is 0.216. The number of carbonyl (C=O) groups is 1. The first-order chi connectivity index (χ1) is 21.4. The van der Waals surface area contributed by atoms with Crippen molar-refractivity contribution < 1.29 is 33.2 Å². The Hall–Kier alpha value is -3.79. The summed E-state index contributed by atoms with van der Waals surface area (Å²) in [6, 6.07) is 19.5. The fourth-order valence-electron chi connectivity index (χ4n) is 5.49. The average molecular weight is 607 g/mol. The molecular weight excluding hydrogens is 560 g/mol. The van der Waals surface area contributed by atoms with Gasteiger partial charge >= 0.3 is 0 Å². The van der Waals surface area contributed by atoms with Crippen molar-refractivity contribution >= 4 is 5.91 Å². The zero-order valence-corrected chi connectivity index (χ0v) is 26.8. The van der Waals surface area contributed by atoms with Gasteiger partial charge in [0.05, 0.1) is 40.6 Å². The van der Waals surface area contributed by atoms with Gasteiger partial charge in [-0.2, -0.15) is 0 Å². The number of carbonyl (C=O) groups excluding carboxylic acids is 1. The molecule has 0 aliphatic carbocycles. The van der Waals surface area contributed by atoms with E-state index in [1.807, 2.05) is 43.0 Å². The molecule has 0 saturated carbocycles. The van der Waals surface area contributed by atoms with Crippen LogP contribution in [0.1, 0.15) is 36.2 Å². The van der Waals surface area contributed by atoms with Gasteiger partial charge in [-0.25, -0.2) is 0 Å². The van der Waals surface area contributed by atoms with Crippen LogP contribution in [0, 0.1) is 5.92 Å².